The van der Waals surface area contributed by atoms with Gasteiger partial charge in [0.25, 0.3) is 0 Å². The molecule has 0 radical (unpaired) electrons. The second-order valence-electron chi connectivity index (χ2n) is 6.75. The van der Waals surface area contributed by atoms with Crippen LogP contribution in [0.4, 0.5) is 10.5 Å². The number of carbonyl (C=O) groups is 1. The zero-order valence-corrected chi connectivity index (χ0v) is 14.9. The van der Waals surface area contributed by atoms with Gasteiger partial charge in [0.2, 0.25) is 0 Å². The lowest BCUT2D eigenvalue weighted by Crippen LogP contribution is -2.39. The lowest BCUT2D eigenvalue weighted by atomic mass is 9.87. The van der Waals surface area contributed by atoms with Crippen LogP contribution in [0.3, 0.4) is 0 Å². The number of urea groups is 1. The van der Waals surface area contributed by atoms with Gasteiger partial charge in [-0.05, 0) is 35.2 Å². The van der Waals surface area contributed by atoms with Crippen molar-refractivity contribution < 1.29 is 9.53 Å². The Hall–Kier alpha value is -2.49. The Kier molecular flexibility index (Phi) is 5.85. The van der Waals surface area contributed by atoms with Crippen LogP contribution < -0.4 is 15.0 Å². The molecule has 0 aliphatic heterocycles. The van der Waals surface area contributed by atoms with Gasteiger partial charge in [0.05, 0.1) is 6.54 Å². The highest BCUT2D eigenvalue weighted by Gasteiger charge is 2.14. The quantitative estimate of drug-likeness (QED) is 0.836. The Morgan fingerprint density at radius 1 is 1.08 bits per heavy atom. The molecule has 4 nitrogen and oxygen atoms in total. The van der Waals surface area contributed by atoms with E-state index in [1.54, 1.807) is 11.9 Å². The van der Waals surface area contributed by atoms with E-state index in [9.17, 15) is 4.79 Å². The topological polar surface area (TPSA) is 41.6 Å². The molecule has 0 unspecified atom stereocenters. The summed E-state index contributed by atoms with van der Waals surface area (Å²) in [6.45, 7) is 7.40. The third-order valence-corrected chi connectivity index (χ3v) is 3.80. The average molecular weight is 326 g/mol. The average Bonchev–Trinajstić information content (AvgIpc) is 2.58. The summed E-state index contributed by atoms with van der Waals surface area (Å²) in [6.07, 6.45) is 0. The van der Waals surface area contributed by atoms with Gasteiger partial charge < -0.3 is 10.1 Å². The number of hydrogen-bond acceptors (Lipinski definition) is 2. The van der Waals surface area contributed by atoms with Crippen LogP contribution >= 0.6 is 0 Å². The fourth-order valence-corrected chi connectivity index (χ4v) is 2.27. The number of anilines is 1. The van der Waals surface area contributed by atoms with Crippen LogP contribution in [0.15, 0.2) is 54.6 Å². The first kappa shape index (κ1) is 17.9. The lowest BCUT2D eigenvalue weighted by molar-refractivity contribution is 0.243. The number of hydrogen-bond donors (Lipinski definition) is 1. The van der Waals surface area contributed by atoms with Crippen molar-refractivity contribution in [1.82, 2.24) is 5.32 Å². The van der Waals surface area contributed by atoms with Crippen molar-refractivity contribution >= 4 is 11.7 Å². The van der Waals surface area contributed by atoms with E-state index in [0.717, 1.165) is 11.4 Å². The summed E-state index contributed by atoms with van der Waals surface area (Å²) < 4.78 is 5.74. The van der Waals surface area contributed by atoms with Crippen LogP contribution in [0.2, 0.25) is 0 Å². The molecule has 0 bridgehead atoms. The molecule has 0 aliphatic rings. The minimum atomic E-state index is -0.145. The van der Waals surface area contributed by atoms with Crippen LogP contribution in [0.5, 0.6) is 5.75 Å². The van der Waals surface area contributed by atoms with Crippen molar-refractivity contribution in [1.29, 1.82) is 0 Å². The van der Waals surface area contributed by atoms with Gasteiger partial charge in [0, 0.05) is 12.7 Å². The maximum atomic E-state index is 12.1. The van der Waals surface area contributed by atoms with Crippen LogP contribution in [-0.2, 0) is 5.41 Å². The van der Waals surface area contributed by atoms with E-state index in [4.69, 9.17) is 4.74 Å². The third-order valence-electron chi connectivity index (χ3n) is 3.80. The van der Waals surface area contributed by atoms with Crippen molar-refractivity contribution in [2.45, 2.75) is 26.2 Å². The van der Waals surface area contributed by atoms with E-state index >= 15 is 0 Å². The van der Waals surface area contributed by atoms with E-state index in [1.807, 2.05) is 42.5 Å². The Balaban J connectivity index is 1.80. The first-order chi connectivity index (χ1) is 11.4. The molecule has 0 saturated carbocycles. The molecule has 2 aromatic carbocycles. The number of benzene rings is 2. The second kappa shape index (κ2) is 7.86. The Bertz CT molecular complexity index is 663. The molecular weight excluding hydrogens is 300 g/mol. The fourth-order valence-electron chi connectivity index (χ4n) is 2.27. The van der Waals surface area contributed by atoms with Crippen LogP contribution in [0.25, 0.3) is 0 Å². The highest BCUT2D eigenvalue weighted by molar-refractivity contribution is 5.91. The van der Waals surface area contributed by atoms with Gasteiger partial charge in [-0.2, -0.15) is 0 Å². The van der Waals surface area contributed by atoms with Crippen LogP contribution in [0.1, 0.15) is 26.3 Å². The maximum Gasteiger partial charge on any atom is 0.321 e. The molecule has 0 aliphatic carbocycles. The predicted octanol–water partition coefficient (Wildman–Crippen LogP) is 4.21. The van der Waals surface area contributed by atoms with E-state index in [0.29, 0.717) is 13.2 Å². The molecule has 24 heavy (non-hydrogen) atoms. The molecule has 2 amide bonds. The minimum absolute atomic E-state index is 0.0893. The summed E-state index contributed by atoms with van der Waals surface area (Å²) in [4.78, 5) is 13.7. The molecule has 2 aromatic rings. The first-order valence-corrected chi connectivity index (χ1v) is 8.18. The SMILES string of the molecule is CN(C(=O)NCCOc1cccc(C(C)(C)C)c1)c1ccccc1. The Morgan fingerprint density at radius 3 is 2.46 bits per heavy atom. The van der Waals surface area contributed by atoms with Gasteiger partial charge in [-0.25, -0.2) is 4.79 Å². The summed E-state index contributed by atoms with van der Waals surface area (Å²) >= 11 is 0. The Morgan fingerprint density at radius 2 is 1.79 bits per heavy atom. The third kappa shape index (κ3) is 5.01. The largest absolute Gasteiger partial charge is 0.492 e. The van der Waals surface area contributed by atoms with Gasteiger partial charge in [0.15, 0.2) is 0 Å². The number of nitrogens with one attached hydrogen (secondary N) is 1. The molecule has 2 rings (SSSR count). The van der Waals surface area contributed by atoms with Crippen LogP contribution in [0, 0.1) is 0 Å². The van der Waals surface area contributed by atoms with Gasteiger partial charge in [0.1, 0.15) is 12.4 Å². The van der Waals surface area contributed by atoms with Crippen molar-refractivity contribution in [2.24, 2.45) is 0 Å². The van der Waals surface area contributed by atoms with Gasteiger partial charge in [-0.1, -0.05) is 51.1 Å². The molecule has 0 fully saturated rings. The van der Waals surface area contributed by atoms with Crippen molar-refractivity contribution in [2.75, 3.05) is 25.1 Å². The number of ether oxygens (including phenoxy) is 1. The summed E-state index contributed by atoms with van der Waals surface area (Å²) in [5.41, 5.74) is 2.17. The van der Waals surface area contributed by atoms with Crippen molar-refractivity contribution in [3.63, 3.8) is 0 Å². The first-order valence-electron chi connectivity index (χ1n) is 8.18. The van der Waals surface area contributed by atoms with Crippen molar-refractivity contribution in [3.05, 3.63) is 60.2 Å². The van der Waals surface area contributed by atoms with E-state index in [2.05, 4.69) is 38.2 Å². The number of rotatable bonds is 5. The number of amides is 2. The highest BCUT2D eigenvalue weighted by Crippen LogP contribution is 2.25. The monoisotopic (exact) mass is 326 g/mol. The zero-order valence-electron chi connectivity index (χ0n) is 14.9. The van der Waals surface area contributed by atoms with Crippen molar-refractivity contribution in [3.8, 4) is 5.75 Å². The van der Waals surface area contributed by atoms with E-state index in [-0.39, 0.29) is 11.4 Å². The molecule has 4 heteroatoms. The highest BCUT2D eigenvalue weighted by atomic mass is 16.5. The Labute approximate surface area is 144 Å². The fraction of sp³-hybridized carbons (Fsp3) is 0.350. The number of para-hydroxylation sites is 1. The molecule has 0 heterocycles. The maximum absolute atomic E-state index is 12.1. The molecule has 0 saturated heterocycles. The molecule has 1 N–H and O–H groups in total. The van der Waals surface area contributed by atoms with Gasteiger partial charge in [-0.3, -0.25) is 4.90 Å². The molecule has 128 valence electrons. The summed E-state index contributed by atoms with van der Waals surface area (Å²) in [5.74, 6) is 0.827. The minimum Gasteiger partial charge on any atom is -0.492 e. The van der Waals surface area contributed by atoms with Crippen LogP contribution in [-0.4, -0.2) is 26.2 Å². The smallest absolute Gasteiger partial charge is 0.321 e. The van der Waals surface area contributed by atoms with Gasteiger partial charge >= 0.3 is 6.03 Å². The zero-order chi connectivity index (χ0) is 17.6. The molecule has 0 spiro atoms. The normalized spacial score (nSPS) is 11.0. The number of carbonyl (C=O) groups excluding carboxylic acids is 1. The molecule has 0 aromatic heterocycles. The summed E-state index contributed by atoms with van der Waals surface area (Å²) in [6, 6.07) is 17.5. The van der Waals surface area contributed by atoms with E-state index < -0.39 is 0 Å². The second-order valence-corrected chi connectivity index (χ2v) is 6.75. The standard InChI is InChI=1S/C20H26N2O2/c1-20(2,3)16-9-8-12-18(15-16)24-14-13-21-19(23)22(4)17-10-6-5-7-11-17/h5-12,15H,13-14H2,1-4H3,(H,21,23). The van der Waals surface area contributed by atoms with Gasteiger partial charge in [-0.15, -0.1) is 0 Å². The predicted molar refractivity (Wildman–Crippen MR) is 98.9 cm³/mol. The number of nitrogens with zero attached hydrogens (tertiary/aromatic N) is 1. The van der Waals surface area contributed by atoms with E-state index in [1.165, 1.54) is 5.56 Å². The molecular formula is C20H26N2O2. The molecule has 0 atom stereocenters. The summed E-state index contributed by atoms with van der Waals surface area (Å²) in [7, 11) is 1.75. The lowest BCUT2D eigenvalue weighted by Gasteiger charge is -2.20. The summed E-state index contributed by atoms with van der Waals surface area (Å²) in [5, 5.41) is 2.86.